The predicted molar refractivity (Wildman–Crippen MR) is 147 cm³/mol. The monoisotopic (exact) mass is 578 g/mol. The van der Waals surface area contributed by atoms with Gasteiger partial charge in [0.15, 0.2) is 29.5 Å². The molecule has 0 unspecified atom stereocenters. The molecule has 12 heteroatoms. The first kappa shape index (κ1) is 28.5. The van der Waals surface area contributed by atoms with E-state index in [2.05, 4.69) is 0 Å². The molecule has 3 aromatic carbocycles. The lowest BCUT2D eigenvalue weighted by atomic mass is 9.99. The Bertz CT molecular complexity index is 1710. The van der Waals surface area contributed by atoms with E-state index in [-0.39, 0.29) is 22.3 Å². The van der Waals surface area contributed by atoms with Crippen LogP contribution in [0.25, 0.3) is 28.4 Å². The van der Waals surface area contributed by atoms with Crippen LogP contribution >= 0.6 is 0 Å². The summed E-state index contributed by atoms with van der Waals surface area (Å²) in [6.07, 6.45) is -4.95. The van der Waals surface area contributed by atoms with Crippen LogP contribution in [-0.4, -0.2) is 67.3 Å². The zero-order valence-corrected chi connectivity index (χ0v) is 21.9. The van der Waals surface area contributed by atoms with E-state index in [0.29, 0.717) is 5.56 Å². The van der Waals surface area contributed by atoms with Crippen LogP contribution in [0.5, 0.6) is 28.7 Å². The molecule has 1 fully saturated rings. The minimum absolute atomic E-state index is 0.0366. The summed E-state index contributed by atoms with van der Waals surface area (Å²) in [6.45, 7) is 1.43. The van der Waals surface area contributed by atoms with Crippen molar-refractivity contribution in [3.8, 4) is 40.1 Å². The van der Waals surface area contributed by atoms with E-state index in [0.717, 1.165) is 30.3 Å². The van der Waals surface area contributed by atoms with Crippen molar-refractivity contribution < 1.29 is 54.1 Å². The van der Waals surface area contributed by atoms with Crippen molar-refractivity contribution >= 4 is 23.0 Å². The second kappa shape index (κ2) is 11.4. The molecule has 1 aliphatic rings. The molecule has 1 saturated heterocycles. The summed E-state index contributed by atoms with van der Waals surface area (Å²) < 4.78 is 22.5. The first-order valence-electron chi connectivity index (χ1n) is 12.7. The Morgan fingerprint density at radius 2 is 1.64 bits per heavy atom. The number of benzene rings is 3. The molecule has 2 heterocycles. The fraction of sp³-hybridized carbons (Fsp3) is 0.200. The van der Waals surface area contributed by atoms with Gasteiger partial charge in [-0.3, -0.25) is 4.79 Å². The van der Waals surface area contributed by atoms with Crippen molar-refractivity contribution in [1.29, 1.82) is 0 Å². The maximum Gasteiger partial charge on any atom is 0.331 e. The first-order chi connectivity index (χ1) is 20.0. The number of aliphatic hydroxyl groups is 2. The summed E-state index contributed by atoms with van der Waals surface area (Å²) in [7, 11) is 0. The largest absolute Gasteiger partial charge is 0.508 e. The minimum Gasteiger partial charge on any atom is -0.508 e. The molecular formula is C30H26O12. The standard InChI is InChI=1S/C30H26O12/c1-14-24(36)28(41-22(35)10-7-15-5-3-2-4-6-15)26(38)30(39-14)42-29-25(37)23-20(34)12-17(31)13-21(23)40-27(29)16-8-9-18(32)19(33)11-16/h2-14,24,26,28,30-34,36,38H,1H3/b10-7+/t14-,24-,26+,28+,30-/m0/s1. The molecular weight excluding hydrogens is 552 g/mol. The lowest BCUT2D eigenvalue weighted by molar-refractivity contribution is -0.271. The number of ether oxygens (including phenoxy) is 3. The van der Waals surface area contributed by atoms with Gasteiger partial charge in [-0.25, -0.2) is 4.79 Å². The van der Waals surface area contributed by atoms with Gasteiger partial charge in [-0.15, -0.1) is 0 Å². The maximum absolute atomic E-state index is 13.6. The van der Waals surface area contributed by atoms with E-state index in [1.54, 1.807) is 24.3 Å². The highest BCUT2D eigenvalue weighted by Crippen LogP contribution is 2.39. The normalized spacial score (nSPS) is 22.3. The van der Waals surface area contributed by atoms with Crippen molar-refractivity contribution in [2.75, 3.05) is 0 Å². The Labute approximate surface area is 237 Å². The van der Waals surface area contributed by atoms with Crippen molar-refractivity contribution in [3.05, 3.63) is 82.5 Å². The second-order valence-electron chi connectivity index (χ2n) is 9.59. The molecule has 1 aliphatic heterocycles. The molecule has 0 bridgehead atoms. The van der Waals surface area contributed by atoms with Crippen molar-refractivity contribution in [2.24, 2.45) is 0 Å². The number of aliphatic hydroxyl groups excluding tert-OH is 2. The fourth-order valence-corrected chi connectivity index (χ4v) is 4.48. The summed E-state index contributed by atoms with van der Waals surface area (Å²) in [5.41, 5.74) is -0.428. The van der Waals surface area contributed by atoms with Crippen LogP contribution in [0, 0.1) is 0 Å². The molecule has 5 atom stereocenters. The highest BCUT2D eigenvalue weighted by molar-refractivity contribution is 5.88. The van der Waals surface area contributed by atoms with Gasteiger partial charge >= 0.3 is 5.97 Å². The van der Waals surface area contributed by atoms with E-state index in [1.807, 2.05) is 6.07 Å². The molecule has 4 aromatic rings. The summed E-state index contributed by atoms with van der Waals surface area (Å²) in [5.74, 6) is -3.83. The van der Waals surface area contributed by atoms with E-state index in [1.165, 1.54) is 19.1 Å². The number of hydrogen-bond donors (Lipinski definition) is 6. The van der Waals surface area contributed by atoms with Crippen LogP contribution in [0.2, 0.25) is 0 Å². The van der Waals surface area contributed by atoms with Crippen LogP contribution in [-0.2, 0) is 14.3 Å². The molecule has 1 aromatic heterocycles. The van der Waals surface area contributed by atoms with Crippen LogP contribution in [0.4, 0.5) is 0 Å². The Balaban J connectivity index is 1.51. The van der Waals surface area contributed by atoms with Crippen molar-refractivity contribution in [1.82, 2.24) is 0 Å². The SMILES string of the molecule is C[C@@H]1O[C@@H](Oc2c(-c3ccc(O)c(O)c3)oc3cc(O)cc(O)c3c2=O)[C@H](O)[C@H](OC(=O)/C=C/c2ccccc2)[C@H]1O. The molecule has 6 N–H and O–H groups in total. The quantitative estimate of drug-likeness (QED) is 0.111. The number of phenolic OH excluding ortho intramolecular Hbond substituents is 4. The fourth-order valence-electron chi connectivity index (χ4n) is 4.48. The highest BCUT2D eigenvalue weighted by Gasteiger charge is 2.47. The van der Waals surface area contributed by atoms with Gasteiger partial charge in [0.05, 0.1) is 6.10 Å². The number of phenols is 4. The van der Waals surface area contributed by atoms with Gasteiger partial charge in [0.25, 0.3) is 0 Å². The van der Waals surface area contributed by atoms with E-state index >= 15 is 0 Å². The van der Waals surface area contributed by atoms with Crippen LogP contribution in [0.1, 0.15) is 12.5 Å². The van der Waals surface area contributed by atoms with Gasteiger partial charge in [0.2, 0.25) is 17.5 Å². The van der Waals surface area contributed by atoms with Crippen LogP contribution in [0.3, 0.4) is 0 Å². The van der Waals surface area contributed by atoms with Gasteiger partial charge < -0.3 is 49.3 Å². The smallest absolute Gasteiger partial charge is 0.331 e. The van der Waals surface area contributed by atoms with Crippen molar-refractivity contribution in [3.63, 3.8) is 0 Å². The molecule has 0 saturated carbocycles. The molecule has 0 spiro atoms. The second-order valence-corrected chi connectivity index (χ2v) is 9.59. The van der Waals surface area contributed by atoms with Gasteiger partial charge in [-0.1, -0.05) is 30.3 Å². The number of esters is 1. The average Bonchev–Trinajstić information content (AvgIpc) is 2.95. The van der Waals surface area contributed by atoms with Crippen LogP contribution in [0.15, 0.2) is 76.0 Å². The Hall–Kier alpha value is -5.04. The molecule has 218 valence electrons. The minimum atomic E-state index is -1.81. The molecule has 0 amide bonds. The zero-order valence-electron chi connectivity index (χ0n) is 21.9. The third-order valence-corrected chi connectivity index (χ3v) is 6.63. The van der Waals surface area contributed by atoms with Gasteiger partial charge in [0.1, 0.15) is 28.6 Å². The third-order valence-electron chi connectivity index (χ3n) is 6.63. The molecule has 12 nitrogen and oxygen atoms in total. The number of aromatic hydroxyl groups is 4. The van der Waals surface area contributed by atoms with Gasteiger partial charge in [0, 0.05) is 23.8 Å². The van der Waals surface area contributed by atoms with Crippen molar-refractivity contribution in [2.45, 2.75) is 37.6 Å². The Morgan fingerprint density at radius 3 is 2.36 bits per heavy atom. The van der Waals surface area contributed by atoms with E-state index < -0.39 is 70.9 Å². The number of hydrogen-bond acceptors (Lipinski definition) is 12. The highest BCUT2D eigenvalue weighted by atomic mass is 16.7. The average molecular weight is 579 g/mol. The molecule has 0 aliphatic carbocycles. The third kappa shape index (κ3) is 5.59. The lowest BCUT2D eigenvalue weighted by Gasteiger charge is -2.40. The zero-order chi connectivity index (χ0) is 30.1. The summed E-state index contributed by atoms with van der Waals surface area (Å²) in [4.78, 5) is 26.1. The summed E-state index contributed by atoms with van der Waals surface area (Å²) in [6, 6.07) is 14.4. The predicted octanol–water partition coefficient (Wildman–Crippen LogP) is 2.75. The molecule has 42 heavy (non-hydrogen) atoms. The van der Waals surface area contributed by atoms with Crippen LogP contribution < -0.4 is 10.2 Å². The number of carbonyl (C=O) groups excluding carboxylic acids is 1. The number of fused-ring (bicyclic) bond motifs is 1. The summed E-state index contributed by atoms with van der Waals surface area (Å²) in [5, 5.41) is 61.4. The van der Waals surface area contributed by atoms with E-state index in [4.69, 9.17) is 18.6 Å². The van der Waals surface area contributed by atoms with Gasteiger partial charge in [-0.2, -0.15) is 0 Å². The molecule has 0 radical (unpaired) electrons. The lowest BCUT2D eigenvalue weighted by Crippen LogP contribution is -2.59. The number of carbonyl (C=O) groups is 1. The Morgan fingerprint density at radius 1 is 0.905 bits per heavy atom. The maximum atomic E-state index is 13.6. The first-order valence-corrected chi connectivity index (χ1v) is 12.7. The molecule has 5 rings (SSSR count). The summed E-state index contributed by atoms with van der Waals surface area (Å²) >= 11 is 0. The topological polar surface area (TPSA) is 196 Å². The Kier molecular flexibility index (Phi) is 7.77. The van der Waals surface area contributed by atoms with Gasteiger partial charge in [-0.05, 0) is 36.8 Å². The van der Waals surface area contributed by atoms with E-state index in [9.17, 15) is 40.2 Å². The number of rotatable bonds is 6.